The summed E-state index contributed by atoms with van der Waals surface area (Å²) in [6, 6.07) is 10.8. The van der Waals surface area contributed by atoms with Crippen molar-refractivity contribution >= 4 is 11.9 Å². The molecule has 1 heterocycles. The van der Waals surface area contributed by atoms with Crippen molar-refractivity contribution < 1.29 is 14.7 Å². The highest BCUT2D eigenvalue weighted by Crippen LogP contribution is 2.49. The van der Waals surface area contributed by atoms with Gasteiger partial charge < -0.3 is 20.2 Å². The van der Waals surface area contributed by atoms with Gasteiger partial charge in [0.15, 0.2) is 0 Å². The fourth-order valence-corrected chi connectivity index (χ4v) is 7.21. The Labute approximate surface area is 216 Å². The normalized spacial score (nSPS) is 30.3. The molecule has 7 heteroatoms. The molecular weight excluding hydrogens is 452 g/mol. The number of hydrogen-bond acceptors (Lipinski definition) is 4. The maximum Gasteiger partial charge on any atom is 0.321 e. The fraction of sp³-hybridized carbons (Fsp3) is 0.724. The molecule has 36 heavy (non-hydrogen) atoms. The van der Waals surface area contributed by atoms with Crippen molar-refractivity contribution in [3.8, 4) is 0 Å². The van der Waals surface area contributed by atoms with Crippen LogP contribution in [0, 0.1) is 5.92 Å². The SMILES string of the molecule is CN(C)[C@]1(c2ccccc2)CC[C@@]2(CC1)CN(CC(=O)NCC1(O)CCCC1)C(=O)N2CC1CCC1. The zero-order valence-electron chi connectivity index (χ0n) is 22.2. The predicted molar refractivity (Wildman–Crippen MR) is 140 cm³/mol. The van der Waals surface area contributed by atoms with E-state index >= 15 is 0 Å². The topological polar surface area (TPSA) is 76.1 Å². The first-order valence-electron chi connectivity index (χ1n) is 14.0. The maximum atomic E-state index is 13.7. The summed E-state index contributed by atoms with van der Waals surface area (Å²) in [7, 11) is 4.34. The second kappa shape index (κ2) is 9.97. The molecule has 0 unspecified atom stereocenters. The number of rotatable bonds is 8. The molecule has 5 rings (SSSR count). The fourth-order valence-electron chi connectivity index (χ4n) is 7.21. The Morgan fingerprint density at radius 1 is 1.03 bits per heavy atom. The van der Waals surface area contributed by atoms with Crippen molar-refractivity contribution in [2.24, 2.45) is 5.92 Å². The van der Waals surface area contributed by atoms with Crippen LogP contribution in [0.4, 0.5) is 4.79 Å². The van der Waals surface area contributed by atoms with Crippen LogP contribution in [0.3, 0.4) is 0 Å². The second-order valence-electron chi connectivity index (χ2n) is 12.3. The Balaban J connectivity index is 1.30. The Bertz CT molecular complexity index is 931. The summed E-state index contributed by atoms with van der Waals surface area (Å²) in [5.74, 6) is 0.429. The Morgan fingerprint density at radius 2 is 1.69 bits per heavy atom. The van der Waals surface area contributed by atoms with Crippen molar-refractivity contribution in [1.29, 1.82) is 0 Å². The number of nitrogens with one attached hydrogen (secondary N) is 1. The quantitative estimate of drug-likeness (QED) is 0.575. The molecule has 1 aromatic carbocycles. The smallest absolute Gasteiger partial charge is 0.321 e. The molecule has 3 aliphatic carbocycles. The van der Waals surface area contributed by atoms with Crippen LogP contribution in [-0.4, -0.2) is 83.2 Å². The minimum absolute atomic E-state index is 0.0219. The van der Waals surface area contributed by atoms with Crippen LogP contribution in [0.2, 0.25) is 0 Å². The van der Waals surface area contributed by atoms with E-state index in [4.69, 9.17) is 0 Å². The first-order chi connectivity index (χ1) is 17.3. The molecule has 0 atom stereocenters. The van der Waals surface area contributed by atoms with Gasteiger partial charge in [0.05, 0.1) is 11.1 Å². The molecule has 0 radical (unpaired) electrons. The summed E-state index contributed by atoms with van der Waals surface area (Å²) < 4.78 is 0. The van der Waals surface area contributed by atoms with Gasteiger partial charge in [0, 0.05) is 25.2 Å². The lowest BCUT2D eigenvalue weighted by Crippen LogP contribution is -2.56. The monoisotopic (exact) mass is 496 g/mol. The third-order valence-electron chi connectivity index (χ3n) is 9.88. The zero-order chi connectivity index (χ0) is 25.4. The van der Waals surface area contributed by atoms with Gasteiger partial charge in [-0.15, -0.1) is 0 Å². The second-order valence-corrected chi connectivity index (χ2v) is 12.3. The summed E-state index contributed by atoms with van der Waals surface area (Å²) in [5.41, 5.74) is 0.337. The van der Waals surface area contributed by atoms with E-state index in [-0.39, 0.29) is 36.1 Å². The van der Waals surface area contributed by atoms with E-state index in [1.165, 1.54) is 24.8 Å². The van der Waals surface area contributed by atoms with E-state index in [1.807, 2.05) is 0 Å². The van der Waals surface area contributed by atoms with E-state index in [9.17, 15) is 14.7 Å². The van der Waals surface area contributed by atoms with Crippen LogP contribution in [0.15, 0.2) is 30.3 Å². The molecule has 1 aromatic rings. The highest BCUT2D eigenvalue weighted by atomic mass is 16.3. The summed E-state index contributed by atoms with van der Waals surface area (Å²) >= 11 is 0. The number of nitrogens with zero attached hydrogens (tertiary/aromatic N) is 3. The standard InChI is InChI=1S/C29H44N4O3/c1-31(2)29(24-11-4-3-5-12-24)17-15-27(16-18-29)22-32(26(35)33(27)19-23-9-8-10-23)20-25(34)30-21-28(36)13-6-7-14-28/h3-5,11-12,23,36H,6-10,13-22H2,1-2H3,(H,30,34)/t27-,29-. The Hall–Kier alpha value is -2.12. The lowest BCUT2D eigenvalue weighted by Gasteiger charge is -2.51. The molecule has 1 spiro atoms. The lowest BCUT2D eigenvalue weighted by atomic mass is 9.68. The molecule has 4 aliphatic rings. The average Bonchev–Trinajstić information content (AvgIpc) is 3.38. The molecule has 3 saturated carbocycles. The van der Waals surface area contributed by atoms with E-state index in [0.717, 1.165) is 57.9 Å². The van der Waals surface area contributed by atoms with Crippen LogP contribution < -0.4 is 5.32 Å². The van der Waals surface area contributed by atoms with Gasteiger partial charge >= 0.3 is 6.03 Å². The van der Waals surface area contributed by atoms with E-state index in [1.54, 1.807) is 4.90 Å². The molecule has 2 N–H and O–H groups in total. The van der Waals surface area contributed by atoms with Crippen LogP contribution in [0.1, 0.15) is 76.2 Å². The molecule has 1 saturated heterocycles. The number of carbonyl (C=O) groups is 2. The van der Waals surface area contributed by atoms with Gasteiger partial charge in [0.1, 0.15) is 6.54 Å². The number of benzene rings is 1. The highest BCUT2D eigenvalue weighted by molar-refractivity contribution is 5.86. The van der Waals surface area contributed by atoms with E-state index in [2.05, 4.69) is 59.5 Å². The lowest BCUT2D eigenvalue weighted by molar-refractivity contribution is -0.122. The van der Waals surface area contributed by atoms with Gasteiger partial charge in [-0.2, -0.15) is 0 Å². The number of amides is 3. The molecule has 4 fully saturated rings. The van der Waals surface area contributed by atoms with E-state index in [0.29, 0.717) is 12.5 Å². The third kappa shape index (κ3) is 4.76. The van der Waals surface area contributed by atoms with Crippen LogP contribution in [-0.2, 0) is 10.3 Å². The van der Waals surface area contributed by atoms with Gasteiger partial charge in [0.2, 0.25) is 5.91 Å². The third-order valence-corrected chi connectivity index (χ3v) is 9.88. The molecule has 1 aliphatic heterocycles. The molecule has 3 amide bonds. The molecular formula is C29H44N4O3. The van der Waals surface area contributed by atoms with Crippen molar-refractivity contribution in [2.45, 2.75) is 87.3 Å². The van der Waals surface area contributed by atoms with Crippen LogP contribution in [0.5, 0.6) is 0 Å². The largest absolute Gasteiger partial charge is 0.388 e. The number of carbonyl (C=O) groups excluding carboxylic acids is 2. The Kier molecular flexibility index (Phi) is 7.07. The molecule has 0 bridgehead atoms. The van der Waals surface area contributed by atoms with Gasteiger partial charge in [-0.3, -0.25) is 9.69 Å². The average molecular weight is 497 g/mol. The first-order valence-corrected chi connectivity index (χ1v) is 14.0. The first kappa shape index (κ1) is 25.5. The van der Waals surface area contributed by atoms with E-state index < -0.39 is 5.60 Å². The maximum absolute atomic E-state index is 13.7. The predicted octanol–water partition coefficient (Wildman–Crippen LogP) is 3.72. The zero-order valence-corrected chi connectivity index (χ0v) is 22.2. The summed E-state index contributed by atoms with van der Waals surface area (Å²) in [6.45, 7) is 1.80. The highest BCUT2D eigenvalue weighted by Gasteiger charge is 2.55. The minimum Gasteiger partial charge on any atom is -0.388 e. The van der Waals surface area contributed by atoms with Crippen molar-refractivity contribution in [1.82, 2.24) is 20.0 Å². The number of hydrogen-bond donors (Lipinski definition) is 2. The van der Waals surface area contributed by atoms with Crippen molar-refractivity contribution in [3.63, 3.8) is 0 Å². The van der Waals surface area contributed by atoms with Crippen molar-refractivity contribution in [2.75, 3.05) is 40.3 Å². The van der Waals surface area contributed by atoms with Crippen LogP contribution in [0.25, 0.3) is 0 Å². The number of urea groups is 1. The van der Waals surface area contributed by atoms with Crippen molar-refractivity contribution in [3.05, 3.63) is 35.9 Å². The molecule has 0 aromatic heterocycles. The van der Waals surface area contributed by atoms with Gasteiger partial charge in [-0.05, 0) is 76.9 Å². The number of aliphatic hydroxyl groups is 1. The summed E-state index contributed by atoms with van der Waals surface area (Å²) in [6.07, 6.45) is 11.0. The molecule has 7 nitrogen and oxygen atoms in total. The minimum atomic E-state index is -0.779. The van der Waals surface area contributed by atoms with Gasteiger partial charge in [0.25, 0.3) is 0 Å². The van der Waals surface area contributed by atoms with Gasteiger partial charge in [-0.25, -0.2) is 4.79 Å². The van der Waals surface area contributed by atoms with Crippen LogP contribution >= 0.6 is 0 Å². The molecule has 198 valence electrons. The van der Waals surface area contributed by atoms with Gasteiger partial charge in [-0.1, -0.05) is 49.6 Å². The summed E-state index contributed by atoms with van der Waals surface area (Å²) in [4.78, 5) is 32.8. The summed E-state index contributed by atoms with van der Waals surface area (Å²) in [5, 5.41) is 13.5. The Morgan fingerprint density at radius 3 is 2.28 bits per heavy atom.